The molecule has 1 unspecified atom stereocenters. The largest absolute Gasteiger partial charge is 0.497 e. The highest BCUT2D eigenvalue weighted by atomic mass is 16.5. The van der Waals surface area contributed by atoms with Gasteiger partial charge < -0.3 is 19.7 Å². The molecule has 1 saturated heterocycles. The molecule has 144 valence electrons. The Bertz CT molecular complexity index is 621. The highest BCUT2D eigenvalue weighted by Gasteiger charge is 2.34. The fraction of sp³-hybridized carbons (Fsp3) is 0.579. The monoisotopic (exact) mass is 364 g/mol. The third kappa shape index (κ3) is 5.36. The van der Waals surface area contributed by atoms with Crippen LogP contribution in [0.15, 0.2) is 18.2 Å². The van der Waals surface area contributed by atoms with Gasteiger partial charge in [0.15, 0.2) is 6.54 Å². The zero-order chi connectivity index (χ0) is 18.9. The number of hydrogen-bond donors (Lipinski definition) is 3. The molecule has 1 aromatic carbocycles. The molecule has 1 aliphatic rings. The molecule has 0 bridgehead atoms. The Labute approximate surface area is 155 Å². The summed E-state index contributed by atoms with van der Waals surface area (Å²) in [5.74, 6) is 1.31. The lowest BCUT2D eigenvalue weighted by Crippen LogP contribution is -3.11. The maximum absolute atomic E-state index is 12.2. The normalized spacial score (nSPS) is 19.0. The van der Waals surface area contributed by atoms with Crippen LogP contribution in [-0.4, -0.2) is 45.8 Å². The molecule has 3 amide bonds. The van der Waals surface area contributed by atoms with E-state index >= 15 is 0 Å². The van der Waals surface area contributed by atoms with Crippen molar-refractivity contribution in [1.29, 1.82) is 0 Å². The summed E-state index contributed by atoms with van der Waals surface area (Å²) in [6.07, 6.45) is 3.89. The first-order valence-electron chi connectivity index (χ1n) is 9.23. The van der Waals surface area contributed by atoms with Gasteiger partial charge in [-0.3, -0.25) is 10.1 Å². The third-order valence-electron chi connectivity index (χ3n) is 4.75. The molecular weight excluding hydrogens is 334 g/mol. The van der Waals surface area contributed by atoms with Crippen LogP contribution in [-0.2, 0) is 4.79 Å². The number of methoxy groups -OCH3 is 2. The molecular formula is C19H30N3O4+. The Morgan fingerprint density at radius 3 is 2.77 bits per heavy atom. The molecule has 26 heavy (non-hydrogen) atoms. The van der Waals surface area contributed by atoms with E-state index in [1.54, 1.807) is 14.2 Å². The topological polar surface area (TPSA) is 81.1 Å². The van der Waals surface area contributed by atoms with Crippen molar-refractivity contribution in [3.05, 3.63) is 23.8 Å². The van der Waals surface area contributed by atoms with Crippen LogP contribution >= 0.6 is 0 Å². The lowest BCUT2D eigenvalue weighted by molar-refractivity contribution is -0.910. The van der Waals surface area contributed by atoms with Crippen molar-refractivity contribution >= 4 is 11.9 Å². The predicted molar refractivity (Wildman–Crippen MR) is 98.7 cm³/mol. The van der Waals surface area contributed by atoms with Gasteiger partial charge in [0.1, 0.15) is 17.5 Å². The van der Waals surface area contributed by atoms with Crippen molar-refractivity contribution in [2.45, 2.75) is 38.6 Å². The fourth-order valence-electron chi connectivity index (χ4n) is 3.41. The molecule has 2 rings (SSSR count). The summed E-state index contributed by atoms with van der Waals surface area (Å²) in [6.45, 7) is 3.77. The number of imide groups is 1. The van der Waals surface area contributed by atoms with Gasteiger partial charge in [-0.15, -0.1) is 0 Å². The smallest absolute Gasteiger partial charge is 0.321 e. The average Bonchev–Trinajstić information content (AvgIpc) is 3.09. The van der Waals surface area contributed by atoms with Gasteiger partial charge in [-0.05, 0) is 24.6 Å². The summed E-state index contributed by atoms with van der Waals surface area (Å²) >= 11 is 0. The van der Waals surface area contributed by atoms with Crippen molar-refractivity contribution in [1.82, 2.24) is 10.6 Å². The molecule has 1 fully saturated rings. The minimum atomic E-state index is -0.419. The maximum atomic E-state index is 12.2. The molecule has 1 heterocycles. The first kappa shape index (κ1) is 20.0. The fourth-order valence-corrected chi connectivity index (χ4v) is 3.41. The van der Waals surface area contributed by atoms with E-state index in [4.69, 9.17) is 9.47 Å². The van der Waals surface area contributed by atoms with Gasteiger partial charge in [0, 0.05) is 19.4 Å². The molecule has 0 aromatic heterocycles. The zero-order valence-corrected chi connectivity index (χ0v) is 15.9. The molecule has 1 aromatic rings. The van der Waals surface area contributed by atoms with Crippen LogP contribution in [0.3, 0.4) is 0 Å². The lowest BCUT2D eigenvalue weighted by atomic mass is 10.0. The average molecular weight is 364 g/mol. The minimum Gasteiger partial charge on any atom is -0.497 e. The van der Waals surface area contributed by atoms with E-state index in [9.17, 15) is 9.59 Å². The minimum absolute atomic E-state index is 0.147. The molecule has 0 saturated carbocycles. The maximum Gasteiger partial charge on any atom is 0.321 e. The Morgan fingerprint density at radius 1 is 1.27 bits per heavy atom. The number of ether oxygens (including phenoxy) is 2. The Morgan fingerprint density at radius 2 is 2.08 bits per heavy atom. The Balaban J connectivity index is 1.99. The van der Waals surface area contributed by atoms with E-state index in [0.717, 1.165) is 54.2 Å². The zero-order valence-electron chi connectivity index (χ0n) is 15.9. The summed E-state index contributed by atoms with van der Waals surface area (Å²) in [5, 5.41) is 5.12. The quantitative estimate of drug-likeness (QED) is 0.603. The lowest BCUT2D eigenvalue weighted by Gasteiger charge is -2.23. The molecule has 7 nitrogen and oxygen atoms in total. The van der Waals surface area contributed by atoms with Crippen LogP contribution in [0.2, 0.25) is 0 Å². The second-order valence-electron chi connectivity index (χ2n) is 6.55. The van der Waals surface area contributed by atoms with Crippen LogP contribution < -0.4 is 25.0 Å². The van der Waals surface area contributed by atoms with E-state index in [-0.39, 0.29) is 18.5 Å². The molecule has 0 radical (unpaired) electrons. The number of urea groups is 1. The van der Waals surface area contributed by atoms with Gasteiger partial charge in [0.25, 0.3) is 5.91 Å². The number of amides is 3. The van der Waals surface area contributed by atoms with Gasteiger partial charge >= 0.3 is 6.03 Å². The van der Waals surface area contributed by atoms with Gasteiger partial charge in [-0.1, -0.05) is 13.3 Å². The van der Waals surface area contributed by atoms with Crippen LogP contribution in [0, 0.1) is 0 Å². The van der Waals surface area contributed by atoms with E-state index < -0.39 is 6.03 Å². The molecule has 7 heteroatoms. The van der Waals surface area contributed by atoms with Crippen molar-refractivity contribution in [2.75, 3.05) is 33.9 Å². The van der Waals surface area contributed by atoms with Crippen LogP contribution in [0.1, 0.15) is 44.2 Å². The Hall–Kier alpha value is -2.28. The van der Waals surface area contributed by atoms with Gasteiger partial charge in [-0.25, -0.2) is 4.79 Å². The van der Waals surface area contributed by atoms with Gasteiger partial charge in [0.2, 0.25) is 0 Å². The highest BCUT2D eigenvalue weighted by molar-refractivity contribution is 5.94. The molecule has 0 aliphatic carbocycles. The SMILES string of the molecule is CCCCNC(=O)NC(=O)C[NH+]1CCC[C@H]1c1cc(OC)ccc1OC. The number of benzene rings is 1. The van der Waals surface area contributed by atoms with E-state index in [1.165, 1.54) is 0 Å². The number of nitrogens with one attached hydrogen (secondary N) is 3. The summed E-state index contributed by atoms with van der Waals surface area (Å²) in [7, 11) is 3.28. The standard InChI is InChI=1S/C19H29N3O4/c1-4-5-10-20-19(24)21-18(23)13-22-11-6-7-16(22)15-12-14(25-2)8-9-17(15)26-3/h8-9,12,16H,4-7,10-11,13H2,1-3H3,(H2,20,21,23,24)/p+1/t16-/m0/s1. The molecule has 1 aliphatic heterocycles. The molecule has 3 N–H and O–H groups in total. The van der Waals surface area contributed by atoms with E-state index in [2.05, 4.69) is 17.6 Å². The van der Waals surface area contributed by atoms with E-state index in [1.807, 2.05) is 18.2 Å². The third-order valence-corrected chi connectivity index (χ3v) is 4.75. The first-order valence-corrected chi connectivity index (χ1v) is 9.23. The summed E-state index contributed by atoms with van der Waals surface area (Å²) in [5.41, 5.74) is 1.04. The van der Waals surface area contributed by atoms with Crippen LogP contribution in [0.5, 0.6) is 11.5 Å². The number of carbonyl (C=O) groups excluding carboxylic acids is 2. The summed E-state index contributed by atoms with van der Waals surface area (Å²) in [6, 6.07) is 5.46. The number of likely N-dealkylation sites (tertiary alicyclic amines) is 1. The van der Waals surface area contributed by atoms with Crippen molar-refractivity contribution in [3.8, 4) is 11.5 Å². The van der Waals surface area contributed by atoms with Crippen molar-refractivity contribution in [3.63, 3.8) is 0 Å². The predicted octanol–water partition coefficient (Wildman–Crippen LogP) is 1.05. The van der Waals surface area contributed by atoms with Crippen molar-refractivity contribution in [2.24, 2.45) is 0 Å². The highest BCUT2D eigenvalue weighted by Crippen LogP contribution is 2.31. The number of unbranched alkanes of at least 4 members (excludes halogenated alkanes) is 1. The number of rotatable bonds is 8. The summed E-state index contributed by atoms with van der Waals surface area (Å²) < 4.78 is 10.8. The first-order chi connectivity index (χ1) is 12.6. The number of quaternary nitrogens is 1. The Kier molecular flexibility index (Phi) is 7.72. The van der Waals surface area contributed by atoms with Gasteiger partial charge in [-0.2, -0.15) is 0 Å². The number of hydrogen-bond acceptors (Lipinski definition) is 4. The molecule has 2 atom stereocenters. The number of carbonyl (C=O) groups is 2. The molecule has 0 spiro atoms. The second-order valence-corrected chi connectivity index (χ2v) is 6.55. The summed E-state index contributed by atoms with van der Waals surface area (Å²) in [4.78, 5) is 25.1. The van der Waals surface area contributed by atoms with Crippen LogP contribution in [0.4, 0.5) is 4.79 Å². The second kappa shape index (κ2) is 10.0. The van der Waals surface area contributed by atoms with E-state index in [0.29, 0.717) is 6.54 Å². The van der Waals surface area contributed by atoms with Crippen LogP contribution in [0.25, 0.3) is 0 Å². The van der Waals surface area contributed by atoms with Crippen molar-refractivity contribution < 1.29 is 24.0 Å². The van der Waals surface area contributed by atoms with Gasteiger partial charge in [0.05, 0.1) is 26.3 Å².